The van der Waals surface area contributed by atoms with Gasteiger partial charge in [-0.25, -0.2) is 0 Å². The Labute approximate surface area is 184 Å². The number of rotatable bonds is 26. The predicted octanol–water partition coefficient (Wildman–Crippen LogP) is 9.25. The summed E-state index contributed by atoms with van der Waals surface area (Å²) in [5.74, 6) is 0. The van der Waals surface area contributed by atoms with Gasteiger partial charge in [-0.2, -0.15) is 0 Å². The minimum atomic E-state index is 0.773. The zero-order chi connectivity index (χ0) is 21.1. The largest absolute Gasteiger partial charge is 0.379 e. The van der Waals surface area contributed by atoms with E-state index in [9.17, 15) is 0 Å². The molecule has 0 aliphatic rings. The Morgan fingerprint density at radius 1 is 0.276 bits per heavy atom. The first-order valence-corrected chi connectivity index (χ1v) is 13.6. The second-order valence-electron chi connectivity index (χ2n) is 8.94. The second-order valence-corrected chi connectivity index (χ2v) is 8.94. The van der Waals surface area contributed by atoms with Crippen molar-refractivity contribution in [1.29, 1.82) is 0 Å². The molecule has 0 radical (unpaired) electrons. The number of ether oxygens (including phenoxy) is 2. The van der Waals surface area contributed by atoms with Crippen LogP contribution in [0.4, 0.5) is 0 Å². The van der Waals surface area contributed by atoms with Crippen molar-refractivity contribution in [2.24, 2.45) is 0 Å². The first-order valence-electron chi connectivity index (χ1n) is 13.6. The summed E-state index contributed by atoms with van der Waals surface area (Å²) in [5, 5.41) is 0. The van der Waals surface area contributed by atoms with E-state index in [1.807, 2.05) is 0 Å². The Morgan fingerprint density at radius 3 is 0.793 bits per heavy atom. The van der Waals surface area contributed by atoms with E-state index in [1.54, 1.807) is 0 Å². The normalized spacial score (nSPS) is 11.4. The van der Waals surface area contributed by atoms with Crippen molar-refractivity contribution < 1.29 is 9.47 Å². The van der Waals surface area contributed by atoms with E-state index in [4.69, 9.17) is 9.47 Å². The molecule has 0 unspecified atom stereocenters. The molecule has 0 amide bonds. The summed E-state index contributed by atoms with van der Waals surface area (Å²) in [6.07, 6.45) is 29.2. The fourth-order valence-electron chi connectivity index (χ4n) is 3.88. The van der Waals surface area contributed by atoms with Crippen LogP contribution in [0.5, 0.6) is 0 Å². The van der Waals surface area contributed by atoms with Gasteiger partial charge in [0.05, 0.1) is 13.2 Å². The summed E-state index contributed by atoms with van der Waals surface area (Å²) in [7, 11) is 0. The van der Waals surface area contributed by atoms with Crippen LogP contribution < -0.4 is 0 Å². The molecule has 2 nitrogen and oxygen atoms in total. The van der Waals surface area contributed by atoms with Gasteiger partial charge >= 0.3 is 0 Å². The molecule has 0 N–H and O–H groups in total. The van der Waals surface area contributed by atoms with Gasteiger partial charge in [-0.1, -0.05) is 136 Å². The third kappa shape index (κ3) is 27.9. The van der Waals surface area contributed by atoms with Crippen LogP contribution in [0, 0.1) is 0 Å². The average Bonchev–Trinajstić information content (AvgIpc) is 2.74. The van der Waals surface area contributed by atoms with Crippen LogP contribution >= 0.6 is 0 Å². The maximum atomic E-state index is 5.69. The fraction of sp³-hybridized carbons (Fsp3) is 1.00. The van der Waals surface area contributed by atoms with Crippen molar-refractivity contribution in [3.63, 3.8) is 0 Å². The smallest absolute Gasteiger partial charge is 0.0700 e. The highest BCUT2D eigenvalue weighted by atomic mass is 16.5. The van der Waals surface area contributed by atoms with Gasteiger partial charge in [-0.05, 0) is 12.8 Å². The molecule has 0 saturated carbocycles. The van der Waals surface area contributed by atoms with Crippen molar-refractivity contribution >= 4 is 0 Å². The van der Waals surface area contributed by atoms with Gasteiger partial charge in [-0.15, -0.1) is 0 Å². The van der Waals surface area contributed by atoms with Crippen LogP contribution in [-0.2, 0) is 9.47 Å². The Bertz CT molecular complexity index is 241. The van der Waals surface area contributed by atoms with Crippen molar-refractivity contribution in [2.75, 3.05) is 26.4 Å². The van der Waals surface area contributed by atoms with E-state index >= 15 is 0 Å². The second kappa shape index (κ2) is 27.9. The Balaban J connectivity index is 2.97. The third-order valence-electron chi connectivity index (χ3n) is 5.91. The molecule has 0 aromatic rings. The lowest BCUT2D eigenvalue weighted by atomic mass is 10.0. The highest BCUT2D eigenvalue weighted by Gasteiger charge is 1.95. The molecule has 0 saturated heterocycles. The summed E-state index contributed by atoms with van der Waals surface area (Å²) >= 11 is 0. The summed E-state index contributed by atoms with van der Waals surface area (Å²) in [6, 6.07) is 0. The quantitative estimate of drug-likeness (QED) is 0.132. The maximum absolute atomic E-state index is 5.69. The van der Waals surface area contributed by atoms with Gasteiger partial charge in [0.1, 0.15) is 0 Å². The van der Waals surface area contributed by atoms with E-state index in [1.165, 1.54) is 135 Å². The zero-order valence-corrected chi connectivity index (χ0v) is 20.5. The lowest BCUT2D eigenvalue weighted by Gasteiger charge is -2.06. The fourth-order valence-corrected chi connectivity index (χ4v) is 3.88. The highest BCUT2D eigenvalue weighted by Crippen LogP contribution is 2.12. The minimum Gasteiger partial charge on any atom is -0.379 e. The Kier molecular flexibility index (Phi) is 27.8. The lowest BCUT2D eigenvalue weighted by molar-refractivity contribution is 0.0448. The molecule has 0 fully saturated rings. The Hall–Kier alpha value is -0.0800. The van der Waals surface area contributed by atoms with Gasteiger partial charge < -0.3 is 9.47 Å². The molecule has 0 aromatic heterocycles. The zero-order valence-electron chi connectivity index (χ0n) is 20.5. The van der Waals surface area contributed by atoms with Crippen LogP contribution in [0.3, 0.4) is 0 Å². The molecule has 176 valence electrons. The van der Waals surface area contributed by atoms with Crippen molar-refractivity contribution in [3.8, 4) is 0 Å². The predicted molar refractivity (Wildman–Crippen MR) is 130 cm³/mol. The summed E-state index contributed by atoms with van der Waals surface area (Å²) < 4.78 is 11.4. The monoisotopic (exact) mass is 412 g/mol. The molecule has 0 aromatic carbocycles. The molecule has 0 heterocycles. The molecule has 29 heavy (non-hydrogen) atoms. The molecule has 0 aliphatic carbocycles. The third-order valence-corrected chi connectivity index (χ3v) is 5.91. The van der Waals surface area contributed by atoms with Crippen molar-refractivity contribution in [3.05, 3.63) is 0 Å². The molecule has 0 atom stereocenters. The topological polar surface area (TPSA) is 18.5 Å². The van der Waals surface area contributed by atoms with Crippen LogP contribution in [-0.4, -0.2) is 26.4 Å². The van der Waals surface area contributed by atoms with Crippen molar-refractivity contribution in [1.82, 2.24) is 0 Å². The van der Waals surface area contributed by atoms with E-state index in [0.29, 0.717) is 0 Å². The van der Waals surface area contributed by atoms with Gasteiger partial charge in [0.2, 0.25) is 0 Å². The summed E-state index contributed by atoms with van der Waals surface area (Å²) in [5.41, 5.74) is 0. The minimum absolute atomic E-state index is 0.773. The van der Waals surface area contributed by atoms with Gasteiger partial charge in [-0.3, -0.25) is 0 Å². The van der Waals surface area contributed by atoms with E-state index < -0.39 is 0 Å². The van der Waals surface area contributed by atoms with Crippen LogP contribution in [0.1, 0.15) is 149 Å². The summed E-state index contributed by atoms with van der Waals surface area (Å²) in [6.45, 7) is 7.94. The first-order chi connectivity index (χ1) is 14.4. The first kappa shape index (κ1) is 28.9. The Morgan fingerprint density at radius 2 is 0.517 bits per heavy atom. The SMILES string of the molecule is CCCCCCCCCCCCCCCOCCOCCCCCCCCCC. The van der Waals surface area contributed by atoms with Crippen molar-refractivity contribution in [2.45, 2.75) is 149 Å². The van der Waals surface area contributed by atoms with E-state index in [2.05, 4.69) is 13.8 Å². The molecular weight excluding hydrogens is 356 g/mol. The number of hydrogen-bond donors (Lipinski definition) is 0. The summed E-state index contributed by atoms with van der Waals surface area (Å²) in [4.78, 5) is 0. The number of hydrogen-bond acceptors (Lipinski definition) is 2. The van der Waals surface area contributed by atoms with Crippen LogP contribution in [0.25, 0.3) is 0 Å². The lowest BCUT2D eigenvalue weighted by Crippen LogP contribution is -2.06. The highest BCUT2D eigenvalue weighted by molar-refractivity contribution is 4.49. The van der Waals surface area contributed by atoms with Gasteiger partial charge in [0.25, 0.3) is 0 Å². The van der Waals surface area contributed by atoms with Crippen LogP contribution in [0.2, 0.25) is 0 Å². The van der Waals surface area contributed by atoms with Gasteiger partial charge in [0, 0.05) is 13.2 Å². The van der Waals surface area contributed by atoms with Gasteiger partial charge in [0.15, 0.2) is 0 Å². The van der Waals surface area contributed by atoms with Crippen LogP contribution in [0.15, 0.2) is 0 Å². The molecular formula is C27H56O2. The van der Waals surface area contributed by atoms with E-state index in [-0.39, 0.29) is 0 Å². The molecule has 0 rings (SSSR count). The number of unbranched alkanes of at least 4 members (excludes halogenated alkanes) is 19. The molecule has 0 aliphatic heterocycles. The maximum Gasteiger partial charge on any atom is 0.0700 e. The molecule has 0 spiro atoms. The van der Waals surface area contributed by atoms with E-state index in [0.717, 1.165) is 26.4 Å². The standard InChI is InChI=1S/C27H56O2/c1-3-5-7-9-11-13-14-15-16-17-19-21-23-25-29-27-26-28-24-22-20-18-12-10-8-6-4-2/h3-27H2,1-2H3. The average molecular weight is 413 g/mol. The molecule has 0 bridgehead atoms. The molecule has 2 heteroatoms.